The molecule has 0 atom stereocenters. The number of halogens is 1. The summed E-state index contributed by atoms with van der Waals surface area (Å²) < 4.78 is 13.2. The quantitative estimate of drug-likeness (QED) is 0.909. The Kier molecular flexibility index (Phi) is 4.33. The van der Waals surface area contributed by atoms with Gasteiger partial charge in [-0.2, -0.15) is 0 Å². The summed E-state index contributed by atoms with van der Waals surface area (Å²) in [6, 6.07) is 10.7. The van der Waals surface area contributed by atoms with Crippen LogP contribution in [0.25, 0.3) is 0 Å². The zero-order valence-electron chi connectivity index (χ0n) is 11.7. The molecule has 0 bridgehead atoms. The molecule has 0 saturated carbocycles. The van der Waals surface area contributed by atoms with E-state index in [9.17, 15) is 14.0 Å². The molecule has 0 aliphatic carbocycles. The molecule has 0 radical (unpaired) electrons. The fourth-order valence-electron chi connectivity index (χ4n) is 1.83. The number of amides is 2. The average molecular weight is 286 g/mol. The summed E-state index contributed by atoms with van der Waals surface area (Å²) in [5, 5.41) is 5.28. The van der Waals surface area contributed by atoms with Gasteiger partial charge in [-0.3, -0.25) is 9.59 Å². The van der Waals surface area contributed by atoms with Gasteiger partial charge in [0.05, 0.1) is 0 Å². The van der Waals surface area contributed by atoms with Crippen LogP contribution in [0, 0.1) is 12.7 Å². The maximum atomic E-state index is 13.2. The van der Waals surface area contributed by atoms with E-state index >= 15 is 0 Å². The molecule has 2 N–H and O–H groups in total. The number of aryl methyl sites for hydroxylation is 1. The Hall–Kier alpha value is -2.69. The molecule has 0 heterocycles. The lowest BCUT2D eigenvalue weighted by atomic mass is 10.1. The minimum Gasteiger partial charge on any atom is -0.326 e. The highest BCUT2D eigenvalue weighted by Crippen LogP contribution is 2.17. The molecular weight excluding hydrogens is 271 g/mol. The topological polar surface area (TPSA) is 58.2 Å². The van der Waals surface area contributed by atoms with Gasteiger partial charge in [0.2, 0.25) is 5.91 Å². The Morgan fingerprint density at radius 1 is 1.00 bits per heavy atom. The number of benzene rings is 2. The van der Waals surface area contributed by atoms with Crippen LogP contribution in [0.1, 0.15) is 22.8 Å². The van der Waals surface area contributed by atoms with Gasteiger partial charge in [-0.1, -0.05) is 6.07 Å². The number of carbonyl (C=O) groups is 2. The molecule has 0 fully saturated rings. The standard InChI is InChI=1S/C16H15FN2O2/c1-10-3-6-13(17)9-15(10)19-16(21)12-4-7-14(8-5-12)18-11(2)20/h3-9H,1-2H3,(H,18,20)(H,19,21). The largest absolute Gasteiger partial charge is 0.326 e. The fraction of sp³-hybridized carbons (Fsp3) is 0.125. The van der Waals surface area contributed by atoms with E-state index in [1.807, 2.05) is 0 Å². The van der Waals surface area contributed by atoms with Crippen molar-refractivity contribution in [2.45, 2.75) is 13.8 Å². The van der Waals surface area contributed by atoms with Crippen LogP contribution in [0.15, 0.2) is 42.5 Å². The summed E-state index contributed by atoms with van der Waals surface area (Å²) >= 11 is 0. The fourth-order valence-corrected chi connectivity index (χ4v) is 1.83. The molecule has 2 aromatic carbocycles. The van der Waals surface area contributed by atoms with Gasteiger partial charge < -0.3 is 10.6 Å². The van der Waals surface area contributed by atoms with Gasteiger partial charge in [-0.05, 0) is 48.9 Å². The summed E-state index contributed by atoms with van der Waals surface area (Å²) in [5.41, 5.74) is 2.25. The SMILES string of the molecule is CC(=O)Nc1ccc(C(=O)Nc2cc(F)ccc2C)cc1. The minimum atomic E-state index is -0.406. The highest BCUT2D eigenvalue weighted by Gasteiger charge is 2.08. The van der Waals surface area contributed by atoms with Crippen molar-refractivity contribution < 1.29 is 14.0 Å². The maximum Gasteiger partial charge on any atom is 0.255 e. The molecule has 0 aliphatic rings. The van der Waals surface area contributed by atoms with Crippen molar-refractivity contribution in [1.29, 1.82) is 0 Å². The van der Waals surface area contributed by atoms with E-state index in [0.717, 1.165) is 5.56 Å². The van der Waals surface area contributed by atoms with Crippen molar-refractivity contribution in [2.75, 3.05) is 10.6 Å². The first-order valence-corrected chi connectivity index (χ1v) is 6.41. The van der Waals surface area contributed by atoms with Crippen molar-refractivity contribution in [3.05, 3.63) is 59.4 Å². The van der Waals surface area contributed by atoms with Crippen LogP contribution >= 0.6 is 0 Å². The Balaban J connectivity index is 2.13. The third-order valence-electron chi connectivity index (χ3n) is 2.92. The van der Waals surface area contributed by atoms with E-state index in [1.54, 1.807) is 37.3 Å². The van der Waals surface area contributed by atoms with Gasteiger partial charge in [0.25, 0.3) is 5.91 Å². The van der Waals surface area contributed by atoms with Gasteiger partial charge in [0.1, 0.15) is 5.82 Å². The van der Waals surface area contributed by atoms with Crippen LogP contribution < -0.4 is 10.6 Å². The molecule has 5 heteroatoms. The Morgan fingerprint density at radius 2 is 1.67 bits per heavy atom. The summed E-state index contributed by atoms with van der Waals surface area (Å²) in [4.78, 5) is 23.0. The first-order chi connectivity index (χ1) is 9.95. The number of hydrogen-bond donors (Lipinski definition) is 2. The first-order valence-electron chi connectivity index (χ1n) is 6.41. The van der Waals surface area contributed by atoms with E-state index in [4.69, 9.17) is 0 Å². The van der Waals surface area contributed by atoms with Crippen LogP contribution in [0.4, 0.5) is 15.8 Å². The monoisotopic (exact) mass is 286 g/mol. The normalized spacial score (nSPS) is 10.0. The summed E-state index contributed by atoms with van der Waals surface area (Å²) in [5.74, 6) is -0.919. The lowest BCUT2D eigenvalue weighted by Crippen LogP contribution is -2.13. The second-order valence-electron chi connectivity index (χ2n) is 4.67. The van der Waals surface area contributed by atoms with E-state index < -0.39 is 5.82 Å². The smallest absolute Gasteiger partial charge is 0.255 e. The molecule has 0 saturated heterocycles. The maximum absolute atomic E-state index is 13.2. The Labute approximate surface area is 122 Å². The van der Waals surface area contributed by atoms with E-state index in [0.29, 0.717) is 16.9 Å². The molecule has 0 spiro atoms. The highest BCUT2D eigenvalue weighted by molar-refractivity contribution is 6.05. The molecule has 21 heavy (non-hydrogen) atoms. The Morgan fingerprint density at radius 3 is 2.29 bits per heavy atom. The lowest BCUT2D eigenvalue weighted by Gasteiger charge is -2.09. The molecule has 2 amide bonds. The molecule has 0 unspecified atom stereocenters. The van der Waals surface area contributed by atoms with Crippen LogP contribution in [0.2, 0.25) is 0 Å². The number of carbonyl (C=O) groups excluding carboxylic acids is 2. The van der Waals surface area contributed by atoms with Crippen molar-refractivity contribution in [3.8, 4) is 0 Å². The van der Waals surface area contributed by atoms with Gasteiger partial charge in [-0.25, -0.2) is 4.39 Å². The van der Waals surface area contributed by atoms with E-state index in [1.165, 1.54) is 19.1 Å². The number of hydrogen-bond acceptors (Lipinski definition) is 2. The summed E-state index contributed by atoms with van der Waals surface area (Å²) in [7, 11) is 0. The summed E-state index contributed by atoms with van der Waals surface area (Å²) in [6.45, 7) is 3.20. The molecule has 2 aromatic rings. The molecule has 4 nitrogen and oxygen atoms in total. The Bertz CT molecular complexity index is 681. The molecule has 0 aromatic heterocycles. The van der Waals surface area contributed by atoms with Crippen LogP contribution in [0.3, 0.4) is 0 Å². The first kappa shape index (κ1) is 14.7. The van der Waals surface area contributed by atoms with Crippen molar-refractivity contribution in [2.24, 2.45) is 0 Å². The van der Waals surface area contributed by atoms with Gasteiger partial charge in [0, 0.05) is 23.9 Å². The molecule has 108 valence electrons. The van der Waals surface area contributed by atoms with E-state index in [2.05, 4.69) is 10.6 Å². The zero-order valence-corrected chi connectivity index (χ0v) is 11.7. The second kappa shape index (κ2) is 6.17. The van der Waals surface area contributed by atoms with Gasteiger partial charge >= 0.3 is 0 Å². The number of rotatable bonds is 3. The number of nitrogens with one attached hydrogen (secondary N) is 2. The van der Waals surface area contributed by atoms with Gasteiger partial charge in [0.15, 0.2) is 0 Å². The van der Waals surface area contributed by atoms with Crippen molar-refractivity contribution >= 4 is 23.2 Å². The third kappa shape index (κ3) is 3.89. The van der Waals surface area contributed by atoms with Crippen molar-refractivity contribution in [3.63, 3.8) is 0 Å². The van der Waals surface area contributed by atoms with Crippen LogP contribution in [-0.4, -0.2) is 11.8 Å². The predicted molar refractivity (Wildman–Crippen MR) is 79.8 cm³/mol. The molecular formula is C16H15FN2O2. The summed E-state index contributed by atoms with van der Waals surface area (Å²) in [6.07, 6.45) is 0. The van der Waals surface area contributed by atoms with Gasteiger partial charge in [-0.15, -0.1) is 0 Å². The molecule has 2 rings (SSSR count). The van der Waals surface area contributed by atoms with Crippen molar-refractivity contribution in [1.82, 2.24) is 0 Å². The minimum absolute atomic E-state index is 0.178. The predicted octanol–water partition coefficient (Wildman–Crippen LogP) is 3.34. The average Bonchev–Trinajstić information content (AvgIpc) is 2.43. The molecule has 0 aliphatic heterocycles. The lowest BCUT2D eigenvalue weighted by molar-refractivity contribution is -0.114. The van der Waals surface area contributed by atoms with Crippen LogP contribution in [-0.2, 0) is 4.79 Å². The van der Waals surface area contributed by atoms with E-state index in [-0.39, 0.29) is 11.8 Å². The third-order valence-corrected chi connectivity index (χ3v) is 2.92. The number of anilines is 2. The zero-order chi connectivity index (χ0) is 15.4. The van der Waals surface area contributed by atoms with Crippen LogP contribution in [0.5, 0.6) is 0 Å². The highest BCUT2D eigenvalue weighted by atomic mass is 19.1. The second-order valence-corrected chi connectivity index (χ2v) is 4.67.